The fourth-order valence-electron chi connectivity index (χ4n) is 3.34. The summed E-state index contributed by atoms with van der Waals surface area (Å²) >= 11 is 0. The van der Waals surface area contributed by atoms with E-state index in [1.807, 2.05) is 0 Å². The third kappa shape index (κ3) is 3.76. The highest BCUT2D eigenvalue weighted by Gasteiger charge is 2.24. The lowest BCUT2D eigenvalue weighted by Gasteiger charge is -2.22. The van der Waals surface area contributed by atoms with Crippen LogP contribution in [0.15, 0.2) is 36.7 Å². The zero-order chi connectivity index (χ0) is 17.8. The average molecular weight is 341 g/mol. The van der Waals surface area contributed by atoms with E-state index in [0.29, 0.717) is 17.2 Å². The lowest BCUT2D eigenvalue weighted by atomic mass is 9.88. The van der Waals surface area contributed by atoms with Crippen molar-refractivity contribution in [1.29, 1.82) is 0 Å². The Labute approximate surface area is 144 Å². The standard InChI is InChI=1S/C18H19N3O4/c22-17(23)9-7-13-6-8-15(16(12-13)21(24)25)20-11-10-19-18(20)14-4-2-1-3-5-14/h6-12,14H,1-5H2,(H,22,23)/b9-7+. The van der Waals surface area contributed by atoms with E-state index in [1.165, 1.54) is 18.6 Å². The van der Waals surface area contributed by atoms with Gasteiger partial charge in [0.2, 0.25) is 0 Å². The summed E-state index contributed by atoms with van der Waals surface area (Å²) in [5, 5.41) is 20.2. The highest BCUT2D eigenvalue weighted by atomic mass is 16.6. The molecular weight excluding hydrogens is 322 g/mol. The SMILES string of the molecule is O=C(O)/C=C/c1ccc(-n2ccnc2C2CCCCC2)c([N+](=O)[O-])c1. The minimum atomic E-state index is -1.10. The molecule has 1 heterocycles. The Morgan fingerprint density at radius 2 is 2.08 bits per heavy atom. The van der Waals surface area contributed by atoms with Gasteiger partial charge in [-0.05, 0) is 30.5 Å². The number of rotatable bonds is 5. The van der Waals surface area contributed by atoms with E-state index in [2.05, 4.69) is 4.98 Å². The van der Waals surface area contributed by atoms with E-state index >= 15 is 0 Å². The van der Waals surface area contributed by atoms with Gasteiger partial charge in [0.05, 0.1) is 4.92 Å². The molecule has 1 N–H and O–H groups in total. The van der Waals surface area contributed by atoms with Crippen LogP contribution < -0.4 is 0 Å². The van der Waals surface area contributed by atoms with Gasteiger partial charge >= 0.3 is 5.97 Å². The Morgan fingerprint density at radius 1 is 1.32 bits per heavy atom. The summed E-state index contributed by atoms with van der Waals surface area (Å²) in [6, 6.07) is 4.71. The molecule has 1 saturated carbocycles. The van der Waals surface area contributed by atoms with Crippen molar-refractivity contribution >= 4 is 17.7 Å². The summed E-state index contributed by atoms with van der Waals surface area (Å²) in [5.41, 5.74) is 0.857. The van der Waals surface area contributed by atoms with E-state index < -0.39 is 10.9 Å². The summed E-state index contributed by atoms with van der Waals surface area (Å²) in [7, 11) is 0. The van der Waals surface area contributed by atoms with Gasteiger partial charge in [-0.15, -0.1) is 0 Å². The molecule has 1 aliphatic rings. The lowest BCUT2D eigenvalue weighted by molar-refractivity contribution is -0.384. The van der Waals surface area contributed by atoms with Crippen molar-refractivity contribution in [2.75, 3.05) is 0 Å². The van der Waals surface area contributed by atoms with Gasteiger partial charge in [-0.1, -0.05) is 25.3 Å². The van der Waals surface area contributed by atoms with Crippen LogP contribution in [0.25, 0.3) is 11.8 Å². The number of nitro benzene ring substituents is 1. The Bertz CT molecular complexity index is 819. The maximum absolute atomic E-state index is 11.5. The van der Waals surface area contributed by atoms with E-state index in [4.69, 9.17) is 5.11 Å². The van der Waals surface area contributed by atoms with Gasteiger partial charge < -0.3 is 5.11 Å². The third-order valence-corrected chi connectivity index (χ3v) is 4.51. The summed E-state index contributed by atoms with van der Waals surface area (Å²) in [6.07, 6.45) is 11.3. The Morgan fingerprint density at radius 3 is 2.76 bits per heavy atom. The molecule has 1 aromatic heterocycles. The molecule has 0 atom stereocenters. The van der Waals surface area contributed by atoms with E-state index in [9.17, 15) is 14.9 Å². The maximum Gasteiger partial charge on any atom is 0.328 e. The minimum Gasteiger partial charge on any atom is -0.478 e. The Kier molecular flexibility index (Phi) is 4.92. The number of imidazole rings is 1. The Balaban J connectivity index is 2.01. The number of carboxylic acids is 1. The fraction of sp³-hybridized carbons (Fsp3) is 0.333. The molecule has 130 valence electrons. The van der Waals surface area contributed by atoms with Crippen LogP contribution in [-0.2, 0) is 4.79 Å². The molecule has 0 spiro atoms. The van der Waals surface area contributed by atoms with Crippen molar-refractivity contribution in [2.24, 2.45) is 0 Å². The first kappa shape index (κ1) is 16.9. The van der Waals surface area contributed by atoms with Gasteiger partial charge in [0.1, 0.15) is 11.5 Å². The number of benzene rings is 1. The first-order valence-corrected chi connectivity index (χ1v) is 8.29. The van der Waals surface area contributed by atoms with Crippen molar-refractivity contribution < 1.29 is 14.8 Å². The topological polar surface area (TPSA) is 98.3 Å². The van der Waals surface area contributed by atoms with Gasteiger partial charge in [0.25, 0.3) is 5.69 Å². The van der Waals surface area contributed by atoms with Gasteiger partial charge in [-0.25, -0.2) is 9.78 Å². The van der Waals surface area contributed by atoms with E-state index in [1.54, 1.807) is 29.1 Å². The fourth-order valence-corrected chi connectivity index (χ4v) is 3.34. The monoisotopic (exact) mass is 341 g/mol. The smallest absolute Gasteiger partial charge is 0.328 e. The zero-order valence-electron chi connectivity index (χ0n) is 13.7. The van der Waals surface area contributed by atoms with Crippen molar-refractivity contribution in [1.82, 2.24) is 9.55 Å². The number of aromatic nitrogens is 2. The van der Waals surface area contributed by atoms with Crippen LogP contribution in [0.4, 0.5) is 5.69 Å². The molecule has 25 heavy (non-hydrogen) atoms. The van der Waals surface area contributed by atoms with Gasteiger partial charge in [-0.3, -0.25) is 14.7 Å². The van der Waals surface area contributed by atoms with Crippen LogP contribution in [-0.4, -0.2) is 25.6 Å². The molecule has 0 radical (unpaired) electrons. The number of hydrogen-bond donors (Lipinski definition) is 1. The van der Waals surface area contributed by atoms with Crippen molar-refractivity contribution in [2.45, 2.75) is 38.0 Å². The number of carbonyl (C=O) groups is 1. The third-order valence-electron chi connectivity index (χ3n) is 4.51. The highest BCUT2D eigenvalue weighted by molar-refractivity contribution is 5.85. The first-order chi connectivity index (χ1) is 12.1. The number of aliphatic carboxylic acids is 1. The second kappa shape index (κ2) is 7.29. The Hall–Kier alpha value is -2.96. The van der Waals surface area contributed by atoms with Crippen LogP contribution in [0.2, 0.25) is 0 Å². The normalized spacial score (nSPS) is 15.5. The molecule has 0 amide bonds. The largest absolute Gasteiger partial charge is 0.478 e. The quantitative estimate of drug-likeness (QED) is 0.505. The molecule has 0 unspecified atom stereocenters. The lowest BCUT2D eigenvalue weighted by Crippen LogP contribution is -2.12. The minimum absolute atomic E-state index is 0.0670. The second-order valence-corrected chi connectivity index (χ2v) is 6.17. The molecule has 0 aliphatic heterocycles. The summed E-state index contributed by atoms with van der Waals surface area (Å²) in [5.74, 6) is 0.0764. The van der Waals surface area contributed by atoms with Crippen molar-refractivity contribution in [3.8, 4) is 5.69 Å². The molecule has 7 nitrogen and oxygen atoms in total. The van der Waals surface area contributed by atoms with Crippen LogP contribution in [0, 0.1) is 10.1 Å². The van der Waals surface area contributed by atoms with E-state index in [0.717, 1.165) is 37.6 Å². The van der Waals surface area contributed by atoms with E-state index in [-0.39, 0.29) is 5.69 Å². The number of nitrogens with zero attached hydrogens (tertiary/aromatic N) is 3. The van der Waals surface area contributed by atoms with Crippen LogP contribution in [0.3, 0.4) is 0 Å². The molecular formula is C18H19N3O4. The number of nitro groups is 1. The molecule has 7 heteroatoms. The molecule has 1 aromatic carbocycles. The summed E-state index contributed by atoms with van der Waals surface area (Å²) in [4.78, 5) is 26.2. The van der Waals surface area contributed by atoms with Crippen LogP contribution in [0.1, 0.15) is 49.4 Å². The second-order valence-electron chi connectivity index (χ2n) is 6.17. The van der Waals surface area contributed by atoms with Gasteiger partial charge in [0.15, 0.2) is 0 Å². The summed E-state index contributed by atoms with van der Waals surface area (Å²) in [6.45, 7) is 0. The molecule has 0 saturated heterocycles. The van der Waals surface area contributed by atoms with Crippen LogP contribution in [0.5, 0.6) is 0 Å². The molecule has 2 aromatic rings. The average Bonchev–Trinajstić information content (AvgIpc) is 3.10. The highest BCUT2D eigenvalue weighted by Crippen LogP contribution is 2.34. The molecule has 3 rings (SSSR count). The number of carboxylic acid groups (broad SMARTS) is 1. The summed E-state index contributed by atoms with van der Waals surface area (Å²) < 4.78 is 1.79. The van der Waals surface area contributed by atoms with Gasteiger partial charge in [-0.2, -0.15) is 0 Å². The maximum atomic E-state index is 11.5. The molecule has 1 aliphatic carbocycles. The number of hydrogen-bond acceptors (Lipinski definition) is 4. The van der Waals surface area contributed by atoms with Crippen molar-refractivity contribution in [3.63, 3.8) is 0 Å². The molecule has 1 fully saturated rings. The molecule has 0 bridgehead atoms. The van der Waals surface area contributed by atoms with Gasteiger partial charge in [0, 0.05) is 30.5 Å². The van der Waals surface area contributed by atoms with Crippen LogP contribution >= 0.6 is 0 Å². The predicted octanol–water partition coefficient (Wildman–Crippen LogP) is 3.93. The first-order valence-electron chi connectivity index (χ1n) is 8.29. The zero-order valence-corrected chi connectivity index (χ0v) is 13.7. The predicted molar refractivity (Wildman–Crippen MR) is 92.7 cm³/mol. The van der Waals surface area contributed by atoms with Crippen molar-refractivity contribution in [3.05, 3.63) is 58.2 Å².